The van der Waals surface area contributed by atoms with Gasteiger partial charge >= 0.3 is 0 Å². The second kappa shape index (κ2) is 4.42. The lowest BCUT2D eigenvalue weighted by Crippen LogP contribution is -2.32. The molecule has 2 N–H and O–H groups in total. The largest absolute Gasteiger partial charge is 0.489 e. The van der Waals surface area contributed by atoms with Gasteiger partial charge in [0.25, 0.3) is 0 Å². The lowest BCUT2D eigenvalue weighted by molar-refractivity contribution is 0.294. The van der Waals surface area contributed by atoms with Crippen LogP contribution in [0, 0.1) is 0 Å². The van der Waals surface area contributed by atoms with Gasteiger partial charge in [0.2, 0.25) is 0 Å². The normalized spacial score (nSPS) is 22.2. The van der Waals surface area contributed by atoms with Crippen LogP contribution in [0.2, 0.25) is 0 Å². The summed E-state index contributed by atoms with van der Waals surface area (Å²) in [5.74, 6) is 1.74. The van der Waals surface area contributed by atoms with E-state index in [0.29, 0.717) is 13.2 Å². The van der Waals surface area contributed by atoms with E-state index in [-0.39, 0.29) is 11.5 Å². The van der Waals surface area contributed by atoms with Crippen molar-refractivity contribution in [2.75, 3.05) is 13.2 Å². The summed E-state index contributed by atoms with van der Waals surface area (Å²) in [7, 11) is 0. The molecule has 1 fully saturated rings. The first-order valence-electron chi connectivity index (χ1n) is 6.49. The van der Waals surface area contributed by atoms with E-state index in [1.165, 1.54) is 5.56 Å². The molecule has 1 atom stereocenters. The van der Waals surface area contributed by atoms with Crippen LogP contribution < -0.4 is 15.2 Å². The molecule has 1 aliphatic carbocycles. The zero-order chi connectivity index (χ0) is 12.8. The third kappa shape index (κ3) is 1.82. The Morgan fingerprint density at radius 1 is 1.22 bits per heavy atom. The van der Waals surface area contributed by atoms with E-state index in [0.717, 1.165) is 35.2 Å². The van der Waals surface area contributed by atoms with Gasteiger partial charge in [-0.15, -0.1) is 0 Å². The Balaban J connectivity index is 2.11. The van der Waals surface area contributed by atoms with Gasteiger partial charge in [-0.1, -0.05) is 6.07 Å². The highest BCUT2D eigenvalue weighted by atomic mass is 79.9. The van der Waals surface area contributed by atoms with Crippen molar-refractivity contribution < 1.29 is 9.47 Å². The maximum atomic E-state index is 6.17. The van der Waals surface area contributed by atoms with Crippen molar-refractivity contribution in [1.82, 2.24) is 0 Å². The number of halogens is 1. The van der Waals surface area contributed by atoms with E-state index in [1.807, 2.05) is 6.07 Å². The Hall–Kier alpha value is -0.740. The molecule has 1 heterocycles. The maximum Gasteiger partial charge on any atom is 0.175 e. The Morgan fingerprint density at radius 3 is 2.50 bits per heavy atom. The average Bonchev–Trinajstić information content (AvgIpc) is 3.13. The molecule has 0 aromatic heterocycles. The highest BCUT2D eigenvalue weighted by Gasteiger charge is 2.50. The van der Waals surface area contributed by atoms with E-state index in [1.54, 1.807) is 0 Å². The summed E-state index contributed by atoms with van der Waals surface area (Å²) in [5.41, 5.74) is 7.48. The van der Waals surface area contributed by atoms with Gasteiger partial charge in [-0.3, -0.25) is 0 Å². The van der Waals surface area contributed by atoms with E-state index in [2.05, 4.69) is 28.9 Å². The number of hydrogen-bond donors (Lipinski definition) is 1. The molecule has 0 saturated heterocycles. The highest BCUT2D eigenvalue weighted by Crippen LogP contribution is 2.56. The Morgan fingerprint density at radius 2 is 1.89 bits per heavy atom. The molecule has 1 aromatic carbocycles. The summed E-state index contributed by atoms with van der Waals surface area (Å²) in [6.45, 7) is 3.50. The molecule has 1 aromatic rings. The van der Waals surface area contributed by atoms with Crippen LogP contribution in [0.25, 0.3) is 0 Å². The summed E-state index contributed by atoms with van der Waals surface area (Å²) in [4.78, 5) is 0. The molecule has 0 radical (unpaired) electrons. The maximum absolute atomic E-state index is 6.17. The number of fused-ring (bicyclic) bond motifs is 1. The van der Waals surface area contributed by atoms with Crippen LogP contribution in [-0.4, -0.2) is 19.3 Å². The van der Waals surface area contributed by atoms with Crippen LogP contribution in [0.3, 0.4) is 0 Å². The van der Waals surface area contributed by atoms with Gasteiger partial charge in [-0.05, 0) is 41.8 Å². The molecule has 4 heteroatoms. The number of benzene rings is 1. The predicted octanol–water partition coefficient (Wildman–Crippen LogP) is 2.99. The van der Waals surface area contributed by atoms with Crippen LogP contribution in [0.15, 0.2) is 16.6 Å². The summed E-state index contributed by atoms with van der Waals surface area (Å²) >= 11 is 3.54. The molecule has 3 rings (SSSR count). The molecular weight excluding hydrogens is 294 g/mol. The van der Waals surface area contributed by atoms with E-state index >= 15 is 0 Å². The molecule has 0 amide bonds. The molecule has 0 spiro atoms. The van der Waals surface area contributed by atoms with Gasteiger partial charge in [0.15, 0.2) is 11.5 Å². The van der Waals surface area contributed by atoms with Gasteiger partial charge in [0.05, 0.1) is 17.7 Å². The number of ether oxygens (including phenoxy) is 2. The molecule has 3 nitrogen and oxygen atoms in total. The Labute approximate surface area is 116 Å². The van der Waals surface area contributed by atoms with Crippen molar-refractivity contribution in [2.24, 2.45) is 5.73 Å². The standard InChI is InChI=1S/C14H18BrNO2/c1-9(16)14(5-6-14)10-3-4-11(15)13-12(10)17-7-2-8-18-13/h3-4,9H,2,5-8,16H2,1H3. The van der Waals surface area contributed by atoms with Gasteiger partial charge in [0, 0.05) is 23.4 Å². The molecule has 18 heavy (non-hydrogen) atoms. The quantitative estimate of drug-likeness (QED) is 0.913. The van der Waals surface area contributed by atoms with Gasteiger partial charge in [0.1, 0.15) is 0 Å². The van der Waals surface area contributed by atoms with Crippen molar-refractivity contribution in [3.8, 4) is 11.5 Å². The average molecular weight is 312 g/mol. The summed E-state index contributed by atoms with van der Waals surface area (Å²) < 4.78 is 12.7. The van der Waals surface area contributed by atoms with E-state index in [9.17, 15) is 0 Å². The summed E-state index contributed by atoms with van der Waals surface area (Å²) in [6, 6.07) is 4.33. The lowest BCUT2D eigenvalue weighted by Gasteiger charge is -2.24. The van der Waals surface area contributed by atoms with Crippen LogP contribution in [0.1, 0.15) is 31.7 Å². The van der Waals surface area contributed by atoms with E-state index < -0.39 is 0 Å². The second-order valence-electron chi connectivity index (χ2n) is 5.25. The van der Waals surface area contributed by atoms with E-state index in [4.69, 9.17) is 15.2 Å². The van der Waals surface area contributed by atoms with Gasteiger partial charge in [-0.2, -0.15) is 0 Å². The summed E-state index contributed by atoms with van der Waals surface area (Å²) in [5, 5.41) is 0. The molecule has 1 aliphatic heterocycles. The fraction of sp³-hybridized carbons (Fsp3) is 0.571. The molecular formula is C14H18BrNO2. The van der Waals surface area contributed by atoms with Crippen molar-refractivity contribution in [3.63, 3.8) is 0 Å². The topological polar surface area (TPSA) is 44.5 Å². The summed E-state index contributed by atoms with van der Waals surface area (Å²) in [6.07, 6.45) is 3.20. The van der Waals surface area contributed by atoms with Crippen LogP contribution in [0.5, 0.6) is 11.5 Å². The van der Waals surface area contributed by atoms with Crippen molar-refractivity contribution in [3.05, 3.63) is 22.2 Å². The molecule has 1 unspecified atom stereocenters. The zero-order valence-electron chi connectivity index (χ0n) is 10.5. The fourth-order valence-corrected chi connectivity index (χ4v) is 3.15. The first-order valence-corrected chi connectivity index (χ1v) is 7.28. The Bertz CT molecular complexity index is 469. The third-order valence-electron chi connectivity index (χ3n) is 4.04. The molecule has 2 aliphatic rings. The molecule has 1 saturated carbocycles. The Kier molecular flexibility index (Phi) is 3.02. The predicted molar refractivity (Wildman–Crippen MR) is 74.3 cm³/mol. The first kappa shape index (κ1) is 12.3. The van der Waals surface area contributed by atoms with Crippen LogP contribution >= 0.6 is 15.9 Å². The fourth-order valence-electron chi connectivity index (χ4n) is 2.72. The van der Waals surface area contributed by atoms with Gasteiger partial charge < -0.3 is 15.2 Å². The van der Waals surface area contributed by atoms with Crippen molar-refractivity contribution in [1.29, 1.82) is 0 Å². The smallest absolute Gasteiger partial charge is 0.175 e. The third-order valence-corrected chi connectivity index (χ3v) is 4.67. The number of nitrogens with two attached hydrogens (primary N) is 1. The lowest BCUT2D eigenvalue weighted by atomic mass is 9.88. The molecule has 0 bridgehead atoms. The monoisotopic (exact) mass is 311 g/mol. The first-order chi connectivity index (χ1) is 8.65. The van der Waals surface area contributed by atoms with Crippen molar-refractivity contribution >= 4 is 15.9 Å². The minimum atomic E-state index is 0.0957. The zero-order valence-corrected chi connectivity index (χ0v) is 12.1. The van der Waals surface area contributed by atoms with Gasteiger partial charge in [-0.25, -0.2) is 0 Å². The van der Waals surface area contributed by atoms with Crippen LogP contribution in [-0.2, 0) is 5.41 Å². The number of rotatable bonds is 2. The highest BCUT2D eigenvalue weighted by molar-refractivity contribution is 9.10. The second-order valence-corrected chi connectivity index (χ2v) is 6.10. The number of hydrogen-bond acceptors (Lipinski definition) is 3. The van der Waals surface area contributed by atoms with Crippen molar-refractivity contribution in [2.45, 2.75) is 37.6 Å². The molecule has 98 valence electrons. The SMILES string of the molecule is CC(N)C1(c2ccc(Br)c3c2OCCCO3)CC1. The van der Waals surface area contributed by atoms with Crippen LogP contribution in [0.4, 0.5) is 0 Å². The minimum absolute atomic E-state index is 0.0957. The minimum Gasteiger partial charge on any atom is -0.489 e.